The summed E-state index contributed by atoms with van der Waals surface area (Å²) in [4.78, 5) is 0. The normalized spacial score (nSPS) is 14.8. The van der Waals surface area contributed by atoms with Crippen LogP contribution in [-0.4, -0.2) is 5.11 Å². The summed E-state index contributed by atoms with van der Waals surface area (Å²) in [5, 5.41) is 9.62. The first-order valence-corrected chi connectivity index (χ1v) is 5.76. The lowest BCUT2D eigenvalue weighted by Crippen LogP contribution is -1.88. The molecule has 1 nitrogen and oxygen atoms in total. The van der Waals surface area contributed by atoms with Crippen molar-refractivity contribution < 1.29 is 5.11 Å². The molecule has 0 radical (unpaired) electrons. The molecule has 64 valence electrons. The molecule has 0 fully saturated rings. The van der Waals surface area contributed by atoms with Crippen molar-refractivity contribution in [1.82, 2.24) is 0 Å². The Hall–Kier alpha value is 0.230. The van der Waals surface area contributed by atoms with Crippen LogP contribution in [0.5, 0.6) is 5.75 Å². The van der Waals surface area contributed by atoms with Gasteiger partial charge in [-0.3, -0.25) is 0 Å². The molecule has 1 aliphatic rings. The fourth-order valence-corrected chi connectivity index (χ4v) is 3.40. The standard InChI is InChI=1S/C9H8BrIO/c10-7-4-5-2-1-3-6(5)8(11)9(7)12/h4,12H,1-3H2. The van der Waals surface area contributed by atoms with Crippen LogP contribution in [0.2, 0.25) is 0 Å². The number of phenols is 1. The molecule has 12 heavy (non-hydrogen) atoms. The lowest BCUT2D eigenvalue weighted by atomic mass is 10.1. The summed E-state index contributed by atoms with van der Waals surface area (Å²) in [6.07, 6.45) is 3.50. The third kappa shape index (κ3) is 1.27. The van der Waals surface area contributed by atoms with Crippen LogP contribution >= 0.6 is 38.5 Å². The third-order valence-corrected chi connectivity index (χ3v) is 4.03. The van der Waals surface area contributed by atoms with E-state index in [9.17, 15) is 5.11 Å². The van der Waals surface area contributed by atoms with Gasteiger partial charge in [-0.25, -0.2) is 0 Å². The van der Waals surface area contributed by atoms with Crippen LogP contribution in [0.15, 0.2) is 10.5 Å². The van der Waals surface area contributed by atoms with Crippen LogP contribution in [0.25, 0.3) is 0 Å². The van der Waals surface area contributed by atoms with Crippen LogP contribution in [0.4, 0.5) is 0 Å². The topological polar surface area (TPSA) is 20.2 Å². The monoisotopic (exact) mass is 338 g/mol. The van der Waals surface area contributed by atoms with Crippen molar-refractivity contribution in [2.24, 2.45) is 0 Å². The van der Waals surface area contributed by atoms with E-state index in [0.717, 1.165) is 20.9 Å². The summed E-state index contributed by atoms with van der Waals surface area (Å²) in [5.74, 6) is 0.399. The summed E-state index contributed by atoms with van der Waals surface area (Å²) in [7, 11) is 0. The Morgan fingerprint density at radius 1 is 1.42 bits per heavy atom. The van der Waals surface area contributed by atoms with Gasteiger partial charge < -0.3 is 5.11 Å². The minimum Gasteiger partial charge on any atom is -0.506 e. The van der Waals surface area contributed by atoms with E-state index >= 15 is 0 Å². The average Bonchev–Trinajstić information content (AvgIpc) is 2.48. The maximum Gasteiger partial charge on any atom is 0.143 e. The van der Waals surface area contributed by atoms with Gasteiger partial charge in [-0.05, 0) is 75.0 Å². The smallest absolute Gasteiger partial charge is 0.143 e. The van der Waals surface area contributed by atoms with Crippen molar-refractivity contribution in [3.63, 3.8) is 0 Å². The van der Waals surface area contributed by atoms with E-state index in [2.05, 4.69) is 38.5 Å². The van der Waals surface area contributed by atoms with Crippen molar-refractivity contribution in [3.05, 3.63) is 25.2 Å². The van der Waals surface area contributed by atoms with Gasteiger partial charge in [-0.2, -0.15) is 0 Å². The highest BCUT2D eigenvalue weighted by Gasteiger charge is 2.18. The lowest BCUT2D eigenvalue weighted by Gasteiger charge is -2.06. The van der Waals surface area contributed by atoms with Crippen molar-refractivity contribution in [2.75, 3.05) is 0 Å². The van der Waals surface area contributed by atoms with Crippen LogP contribution in [0.3, 0.4) is 0 Å². The highest BCUT2D eigenvalue weighted by molar-refractivity contribution is 14.1. The number of rotatable bonds is 0. The van der Waals surface area contributed by atoms with Gasteiger partial charge in [0.05, 0.1) is 8.04 Å². The molecule has 2 rings (SSSR count). The van der Waals surface area contributed by atoms with Gasteiger partial charge in [0.1, 0.15) is 5.75 Å². The van der Waals surface area contributed by atoms with E-state index < -0.39 is 0 Å². The molecule has 0 spiro atoms. The molecule has 0 unspecified atom stereocenters. The van der Waals surface area contributed by atoms with Crippen LogP contribution in [-0.2, 0) is 12.8 Å². The molecule has 1 N–H and O–H groups in total. The molecule has 0 saturated carbocycles. The highest BCUT2D eigenvalue weighted by Crippen LogP contribution is 2.37. The van der Waals surface area contributed by atoms with E-state index in [0.29, 0.717) is 5.75 Å². The lowest BCUT2D eigenvalue weighted by molar-refractivity contribution is 0.467. The van der Waals surface area contributed by atoms with Gasteiger partial charge in [-0.1, -0.05) is 0 Å². The second-order valence-electron chi connectivity index (χ2n) is 3.01. The number of hydrogen-bond acceptors (Lipinski definition) is 1. The molecule has 0 amide bonds. The highest BCUT2D eigenvalue weighted by atomic mass is 127. The van der Waals surface area contributed by atoms with Gasteiger partial charge in [0.2, 0.25) is 0 Å². The van der Waals surface area contributed by atoms with Crippen molar-refractivity contribution in [2.45, 2.75) is 19.3 Å². The second-order valence-corrected chi connectivity index (χ2v) is 4.95. The number of phenolic OH excluding ortho intramolecular Hbond substituents is 1. The van der Waals surface area contributed by atoms with Crippen molar-refractivity contribution in [1.29, 1.82) is 0 Å². The predicted molar refractivity (Wildman–Crippen MR) is 60.5 cm³/mol. The summed E-state index contributed by atoms with van der Waals surface area (Å²) < 4.78 is 1.85. The van der Waals surface area contributed by atoms with Gasteiger partial charge in [0.15, 0.2) is 0 Å². The Bertz CT molecular complexity index is 336. The van der Waals surface area contributed by atoms with E-state index in [1.807, 2.05) is 6.07 Å². The first kappa shape index (κ1) is 8.81. The SMILES string of the molecule is Oc1c(Br)cc2c(c1I)CCC2. The number of benzene rings is 1. The molecule has 0 heterocycles. The van der Waals surface area contributed by atoms with E-state index in [1.54, 1.807) is 0 Å². The molecular weight excluding hydrogens is 331 g/mol. The zero-order valence-electron chi connectivity index (χ0n) is 6.40. The van der Waals surface area contributed by atoms with Gasteiger partial charge >= 0.3 is 0 Å². The fraction of sp³-hybridized carbons (Fsp3) is 0.333. The molecule has 0 bridgehead atoms. The minimum absolute atomic E-state index is 0.399. The molecular formula is C9H8BrIO. The molecule has 0 aliphatic heterocycles. The Balaban J connectivity index is 2.67. The summed E-state index contributed by atoms with van der Waals surface area (Å²) in [6, 6.07) is 2.04. The van der Waals surface area contributed by atoms with Gasteiger partial charge in [0.25, 0.3) is 0 Å². The van der Waals surface area contributed by atoms with E-state index in [4.69, 9.17) is 0 Å². The van der Waals surface area contributed by atoms with Crippen molar-refractivity contribution in [3.8, 4) is 5.75 Å². The molecule has 1 aliphatic carbocycles. The number of halogens is 2. The Kier molecular flexibility index (Phi) is 2.33. The number of aromatic hydroxyl groups is 1. The zero-order valence-corrected chi connectivity index (χ0v) is 10.1. The van der Waals surface area contributed by atoms with Crippen LogP contribution in [0, 0.1) is 3.57 Å². The number of hydrogen-bond donors (Lipinski definition) is 1. The van der Waals surface area contributed by atoms with E-state index in [-0.39, 0.29) is 0 Å². The minimum atomic E-state index is 0.399. The maximum absolute atomic E-state index is 9.62. The molecule has 0 aromatic heterocycles. The molecule has 1 aromatic rings. The molecule has 3 heteroatoms. The van der Waals surface area contributed by atoms with Crippen LogP contribution < -0.4 is 0 Å². The zero-order chi connectivity index (χ0) is 8.72. The van der Waals surface area contributed by atoms with E-state index in [1.165, 1.54) is 17.5 Å². The summed E-state index contributed by atoms with van der Waals surface area (Å²) >= 11 is 5.56. The number of aryl methyl sites for hydroxylation is 1. The van der Waals surface area contributed by atoms with Crippen molar-refractivity contribution >= 4 is 38.5 Å². The maximum atomic E-state index is 9.62. The van der Waals surface area contributed by atoms with Crippen LogP contribution in [0.1, 0.15) is 17.5 Å². The molecule has 0 atom stereocenters. The summed E-state index contributed by atoms with van der Waals surface area (Å²) in [5.41, 5.74) is 2.74. The number of fused-ring (bicyclic) bond motifs is 1. The Labute approximate surface area is 93.4 Å². The molecule has 0 saturated heterocycles. The fourth-order valence-electron chi connectivity index (χ4n) is 1.65. The quantitative estimate of drug-likeness (QED) is 0.720. The van der Waals surface area contributed by atoms with Gasteiger partial charge in [0, 0.05) is 0 Å². The first-order valence-electron chi connectivity index (χ1n) is 3.89. The molecule has 1 aromatic carbocycles. The summed E-state index contributed by atoms with van der Waals surface area (Å²) in [6.45, 7) is 0. The Morgan fingerprint density at radius 2 is 2.17 bits per heavy atom. The van der Waals surface area contributed by atoms with Gasteiger partial charge in [-0.15, -0.1) is 0 Å². The second kappa shape index (κ2) is 3.18. The first-order chi connectivity index (χ1) is 5.70. The average molecular weight is 339 g/mol. The predicted octanol–water partition coefficient (Wildman–Crippen LogP) is 3.25. The Morgan fingerprint density at radius 3 is 2.92 bits per heavy atom. The third-order valence-electron chi connectivity index (χ3n) is 2.26. The largest absolute Gasteiger partial charge is 0.506 e.